The van der Waals surface area contributed by atoms with Crippen LogP contribution < -0.4 is 5.73 Å². The third-order valence-corrected chi connectivity index (χ3v) is 4.70. The van der Waals surface area contributed by atoms with Crippen LogP contribution in [0.25, 0.3) is 0 Å². The van der Waals surface area contributed by atoms with Gasteiger partial charge in [0.25, 0.3) is 0 Å². The average Bonchev–Trinajstić information content (AvgIpc) is 2.98. The molecule has 2 unspecified atom stereocenters. The molecule has 0 saturated carbocycles. The largest absolute Gasteiger partial charge is 0.422 e. The van der Waals surface area contributed by atoms with E-state index >= 15 is 0 Å². The molecular weight excluding hydrogens is 258 g/mol. The second-order valence-corrected chi connectivity index (χ2v) is 6.03. The minimum absolute atomic E-state index is 0.337. The first-order chi connectivity index (χ1) is 9.34. The fourth-order valence-electron chi connectivity index (χ4n) is 2.24. The molecular formula is C14H17N3OS. The summed E-state index contributed by atoms with van der Waals surface area (Å²) in [6.07, 6.45) is 3.64. The van der Waals surface area contributed by atoms with Gasteiger partial charge in [-0.1, -0.05) is 36.8 Å². The van der Waals surface area contributed by atoms with Gasteiger partial charge in [-0.3, -0.25) is 0 Å². The molecule has 2 heterocycles. The van der Waals surface area contributed by atoms with Gasteiger partial charge < -0.3 is 10.2 Å². The Morgan fingerprint density at radius 3 is 2.79 bits per heavy atom. The van der Waals surface area contributed by atoms with Crippen LogP contribution in [0.5, 0.6) is 0 Å². The quantitative estimate of drug-likeness (QED) is 0.932. The smallest absolute Gasteiger partial charge is 0.237 e. The van der Waals surface area contributed by atoms with Crippen LogP contribution in [0.3, 0.4) is 0 Å². The van der Waals surface area contributed by atoms with Crippen LogP contribution in [-0.2, 0) is 0 Å². The van der Waals surface area contributed by atoms with Crippen molar-refractivity contribution in [1.29, 1.82) is 0 Å². The third kappa shape index (κ3) is 2.82. The molecule has 5 heteroatoms. The van der Waals surface area contributed by atoms with Gasteiger partial charge in [0.05, 0.1) is 5.25 Å². The fraction of sp³-hybridized carbons (Fsp3) is 0.429. The molecule has 0 radical (unpaired) electrons. The molecule has 2 aromatic rings. The zero-order valence-corrected chi connectivity index (χ0v) is 11.5. The number of nitrogens with two attached hydrogens (primary N) is 1. The van der Waals surface area contributed by atoms with Crippen molar-refractivity contribution in [3.05, 3.63) is 47.7 Å². The van der Waals surface area contributed by atoms with Crippen molar-refractivity contribution in [2.45, 2.75) is 30.6 Å². The predicted octanol–water partition coefficient (Wildman–Crippen LogP) is 3.08. The normalized spacial score (nSPS) is 21.2. The Kier molecular flexibility index (Phi) is 3.84. The second kappa shape index (κ2) is 5.75. The average molecular weight is 275 g/mol. The minimum atomic E-state index is -0.337. The standard InChI is InChI=1S/C14H17N3OS/c15-12(10-6-2-1-3-7-10)14-17-16-13(18-14)11-8-4-5-9-19-11/h1-3,6-7,11-12H,4-5,8-9,15H2. The summed E-state index contributed by atoms with van der Waals surface area (Å²) in [5.74, 6) is 2.41. The molecule has 4 nitrogen and oxygen atoms in total. The molecule has 1 aromatic carbocycles. The lowest BCUT2D eigenvalue weighted by Gasteiger charge is -2.17. The van der Waals surface area contributed by atoms with E-state index in [2.05, 4.69) is 10.2 Å². The van der Waals surface area contributed by atoms with Gasteiger partial charge in [-0.15, -0.1) is 22.0 Å². The van der Waals surface area contributed by atoms with E-state index in [0.29, 0.717) is 11.1 Å². The maximum Gasteiger partial charge on any atom is 0.237 e. The first-order valence-corrected chi connectivity index (χ1v) is 7.65. The Hall–Kier alpha value is -1.33. The summed E-state index contributed by atoms with van der Waals surface area (Å²) in [6, 6.07) is 9.51. The second-order valence-electron chi connectivity index (χ2n) is 4.72. The van der Waals surface area contributed by atoms with Crippen molar-refractivity contribution >= 4 is 11.8 Å². The topological polar surface area (TPSA) is 64.9 Å². The molecule has 1 saturated heterocycles. The Morgan fingerprint density at radius 2 is 2.05 bits per heavy atom. The number of hydrogen-bond donors (Lipinski definition) is 1. The zero-order valence-electron chi connectivity index (χ0n) is 10.7. The molecule has 0 aliphatic carbocycles. The number of benzene rings is 1. The highest BCUT2D eigenvalue weighted by Crippen LogP contribution is 2.37. The van der Waals surface area contributed by atoms with E-state index in [1.54, 1.807) is 0 Å². The van der Waals surface area contributed by atoms with Crippen LogP contribution in [0.15, 0.2) is 34.7 Å². The van der Waals surface area contributed by atoms with Crippen molar-refractivity contribution in [2.75, 3.05) is 5.75 Å². The van der Waals surface area contributed by atoms with Crippen molar-refractivity contribution in [3.8, 4) is 0 Å². The van der Waals surface area contributed by atoms with E-state index in [0.717, 1.165) is 17.9 Å². The minimum Gasteiger partial charge on any atom is -0.422 e. The molecule has 1 fully saturated rings. The molecule has 2 N–H and O–H groups in total. The van der Waals surface area contributed by atoms with Crippen molar-refractivity contribution in [2.24, 2.45) is 5.73 Å². The van der Waals surface area contributed by atoms with Crippen LogP contribution in [0.2, 0.25) is 0 Å². The van der Waals surface area contributed by atoms with E-state index in [4.69, 9.17) is 10.2 Å². The summed E-state index contributed by atoms with van der Waals surface area (Å²) in [7, 11) is 0. The summed E-state index contributed by atoms with van der Waals surface area (Å²) in [4.78, 5) is 0. The van der Waals surface area contributed by atoms with Gasteiger partial charge in [-0.25, -0.2) is 0 Å². The summed E-state index contributed by atoms with van der Waals surface area (Å²) in [5, 5.41) is 8.63. The maximum atomic E-state index is 6.16. The van der Waals surface area contributed by atoms with Crippen LogP contribution in [-0.4, -0.2) is 16.0 Å². The zero-order chi connectivity index (χ0) is 13.1. The molecule has 0 spiro atoms. The van der Waals surface area contributed by atoms with Gasteiger partial charge in [0, 0.05) is 0 Å². The molecule has 19 heavy (non-hydrogen) atoms. The van der Waals surface area contributed by atoms with Gasteiger partial charge >= 0.3 is 0 Å². The van der Waals surface area contributed by atoms with E-state index in [-0.39, 0.29) is 6.04 Å². The molecule has 100 valence electrons. The summed E-state index contributed by atoms with van der Waals surface area (Å²) < 4.78 is 5.77. The number of nitrogens with zero attached hydrogens (tertiary/aromatic N) is 2. The lowest BCUT2D eigenvalue weighted by molar-refractivity contribution is 0.423. The Balaban J connectivity index is 1.77. The van der Waals surface area contributed by atoms with Gasteiger partial charge in [-0.05, 0) is 24.2 Å². The van der Waals surface area contributed by atoms with Gasteiger partial charge in [0.2, 0.25) is 11.8 Å². The number of hydrogen-bond acceptors (Lipinski definition) is 5. The Morgan fingerprint density at radius 1 is 1.21 bits per heavy atom. The lowest BCUT2D eigenvalue weighted by Crippen LogP contribution is -2.12. The number of thioether (sulfide) groups is 1. The fourth-order valence-corrected chi connectivity index (χ4v) is 3.47. The lowest BCUT2D eigenvalue weighted by atomic mass is 10.1. The SMILES string of the molecule is NC(c1ccccc1)c1nnc(C2CCCCS2)o1. The van der Waals surface area contributed by atoms with Gasteiger partial charge in [0.15, 0.2) is 0 Å². The first kappa shape index (κ1) is 12.7. The van der Waals surface area contributed by atoms with E-state index in [1.807, 2.05) is 42.1 Å². The van der Waals surface area contributed by atoms with Gasteiger partial charge in [-0.2, -0.15) is 0 Å². The molecule has 2 atom stereocenters. The van der Waals surface area contributed by atoms with Gasteiger partial charge in [0.1, 0.15) is 6.04 Å². The van der Waals surface area contributed by atoms with Crippen molar-refractivity contribution in [1.82, 2.24) is 10.2 Å². The highest BCUT2D eigenvalue weighted by atomic mass is 32.2. The van der Waals surface area contributed by atoms with Crippen LogP contribution in [0, 0.1) is 0 Å². The molecule has 1 aromatic heterocycles. The van der Waals surface area contributed by atoms with E-state index < -0.39 is 0 Å². The van der Waals surface area contributed by atoms with Crippen LogP contribution >= 0.6 is 11.8 Å². The summed E-state index contributed by atoms with van der Waals surface area (Å²) >= 11 is 1.90. The molecule has 1 aliphatic heterocycles. The summed E-state index contributed by atoms with van der Waals surface area (Å²) in [5.41, 5.74) is 7.15. The highest BCUT2D eigenvalue weighted by Gasteiger charge is 2.24. The molecule has 1 aliphatic rings. The van der Waals surface area contributed by atoms with Crippen LogP contribution in [0.1, 0.15) is 47.9 Å². The molecule has 3 rings (SSSR count). The molecule has 0 bridgehead atoms. The number of aromatic nitrogens is 2. The Bertz CT molecular complexity index is 522. The maximum absolute atomic E-state index is 6.16. The molecule has 0 amide bonds. The van der Waals surface area contributed by atoms with Crippen LogP contribution in [0.4, 0.5) is 0 Å². The van der Waals surface area contributed by atoms with E-state index in [9.17, 15) is 0 Å². The van der Waals surface area contributed by atoms with Crippen molar-refractivity contribution < 1.29 is 4.42 Å². The predicted molar refractivity (Wildman–Crippen MR) is 75.8 cm³/mol. The van der Waals surface area contributed by atoms with E-state index in [1.165, 1.54) is 18.6 Å². The monoisotopic (exact) mass is 275 g/mol. The number of rotatable bonds is 3. The summed E-state index contributed by atoms with van der Waals surface area (Å²) in [6.45, 7) is 0. The third-order valence-electron chi connectivity index (χ3n) is 3.34. The highest BCUT2D eigenvalue weighted by molar-refractivity contribution is 7.99. The van der Waals surface area contributed by atoms with Crippen molar-refractivity contribution in [3.63, 3.8) is 0 Å². The Labute approximate surface area is 116 Å². The first-order valence-electron chi connectivity index (χ1n) is 6.60.